The van der Waals surface area contributed by atoms with E-state index in [0.717, 1.165) is 12.1 Å². The number of halogens is 2. The van der Waals surface area contributed by atoms with E-state index in [4.69, 9.17) is 4.74 Å². The second-order valence-electron chi connectivity index (χ2n) is 4.52. The normalized spacial score (nSPS) is 10.0. The second-order valence-corrected chi connectivity index (χ2v) is 4.52. The van der Waals surface area contributed by atoms with Gasteiger partial charge in [0.25, 0.3) is 11.8 Å². The van der Waals surface area contributed by atoms with Crippen LogP contribution in [0.25, 0.3) is 0 Å². The Hall–Kier alpha value is -2.96. The van der Waals surface area contributed by atoms with Crippen LogP contribution in [0.3, 0.4) is 0 Å². The Balaban J connectivity index is 1.96. The van der Waals surface area contributed by atoms with Gasteiger partial charge in [0.05, 0.1) is 6.61 Å². The standard InChI is InChI=1S/C16H14F2N2O3/c1-2-23-14-5-3-10(4-6-14)15(21)19-20-16(22)11-7-12(17)9-13(18)8-11/h3-9H,2H2,1H3,(H,19,21)(H,20,22). The van der Waals surface area contributed by atoms with Gasteiger partial charge in [0.2, 0.25) is 0 Å². The van der Waals surface area contributed by atoms with Crippen LogP contribution in [-0.4, -0.2) is 18.4 Å². The fourth-order valence-corrected chi connectivity index (χ4v) is 1.81. The summed E-state index contributed by atoms with van der Waals surface area (Å²) in [6, 6.07) is 8.64. The highest BCUT2D eigenvalue weighted by molar-refractivity contribution is 5.99. The van der Waals surface area contributed by atoms with Crippen molar-refractivity contribution in [1.82, 2.24) is 10.9 Å². The van der Waals surface area contributed by atoms with Crippen LogP contribution in [0.2, 0.25) is 0 Å². The highest BCUT2D eigenvalue weighted by Crippen LogP contribution is 2.12. The van der Waals surface area contributed by atoms with Crippen LogP contribution in [0.4, 0.5) is 8.78 Å². The molecule has 120 valence electrons. The predicted octanol–water partition coefficient (Wildman–Crippen LogP) is 2.44. The number of hydrogen-bond donors (Lipinski definition) is 2. The number of carbonyl (C=O) groups excluding carboxylic acids is 2. The van der Waals surface area contributed by atoms with Gasteiger partial charge in [-0.15, -0.1) is 0 Å². The first kappa shape index (κ1) is 16.4. The van der Waals surface area contributed by atoms with E-state index in [0.29, 0.717) is 24.0 Å². The molecule has 0 saturated carbocycles. The Morgan fingerprint density at radius 1 is 0.913 bits per heavy atom. The van der Waals surface area contributed by atoms with Crippen LogP contribution in [0.5, 0.6) is 5.75 Å². The van der Waals surface area contributed by atoms with Crippen LogP contribution >= 0.6 is 0 Å². The van der Waals surface area contributed by atoms with E-state index >= 15 is 0 Å². The third-order valence-corrected chi connectivity index (χ3v) is 2.84. The van der Waals surface area contributed by atoms with Crippen molar-refractivity contribution in [2.75, 3.05) is 6.61 Å². The number of amides is 2. The minimum atomic E-state index is -0.881. The van der Waals surface area contributed by atoms with Gasteiger partial charge in [-0.05, 0) is 43.3 Å². The molecule has 0 spiro atoms. The Kier molecular flexibility index (Phi) is 5.24. The van der Waals surface area contributed by atoms with Gasteiger partial charge in [-0.25, -0.2) is 8.78 Å². The summed E-state index contributed by atoms with van der Waals surface area (Å²) in [7, 11) is 0. The van der Waals surface area contributed by atoms with E-state index in [1.165, 1.54) is 12.1 Å². The summed E-state index contributed by atoms with van der Waals surface area (Å²) in [5.41, 5.74) is 4.30. The summed E-state index contributed by atoms with van der Waals surface area (Å²) >= 11 is 0. The number of benzene rings is 2. The van der Waals surface area contributed by atoms with Crippen molar-refractivity contribution in [3.8, 4) is 5.75 Å². The Labute approximate surface area is 131 Å². The van der Waals surface area contributed by atoms with E-state index in [2.05, 4.69) is 10.9 Å². The average molecular weight is 320 g/mol. The van der Waals surface area contributed by atoms with Crippen molar-refractivity contribution < 1.29 is 23.1 Å². The van der Waals surface area contributed by atoms with Crippen LogP contribution in [0.1, 0.15) is 27.6 Å². The van der Waals surface area contributed by atoms with Crippen molar-refractivity contribution in [2.24, 2.45) is 0 Å². The van der Waals surface area contributed by atoms with Crippen molar-refractivity contribution >= 4 is 11.8 Å². The molecule has 2 aromatic carbocycles. The maximum Gasteiger partial charge on any atom is 0.269 e. The summed E-state index contributed by atoms with van der Waals surface area (Å²) in [5, 5.41) is 0. The zero-order chi connectivity index (χ0) is 16.8. The molecule has 0 heterocycles. The lowest BCUT2D eigenvalue weighted by Crippen LogP contribution is -2.41. The lowest BCUT2D eigenvalue weighted by atomic mass is 10.2. The number of rotatable bonds is 4. The summed E-state index contributed by atoms with van der Waals surface area (Å²) in [6.45, 7) is 2.34. The van der Waals surface area contributed by atoms with E-state index in [-0.39, 0.29) is 5.56 Å². The molecule has 0 atom stereocenters. The fraction of sp³-hybridized carbons (Fsp3) is 0.125. The maximum absolute atomic E-state index is 13.0. The molecule has 0 unspecified atom stereocenters. The zero-order valence-electron chi connectivity index (χ0n) is 12.2. The van der Waals surface area contributed by atoms with Gasteiger partial charge < -0.3 is 4.74 Å². The van der Waals surface area contributed by atoms with Gasteiger partial charge in [-0.1, -0.05) is 0 Å². The van der Waals surface area contributed by atoms with Crippen molar-refractivity contribution in [3.63, 3.8) is 0 Å². The molecule has 2 amide bonds. The average Bonchev–Trinajstić information content (AvgIpc) is 2.52. The second kappa shape index (κ2) is 7.35. The number of ether oxygens (including phenoxy) is 1. The SMILES string of the molecule is CCOc1ccc(C(=O)NNC(=O)c2cc(F)cc(F)c2)cc1. The smallest absolute Gasteiger partial charge is 0.269 e. The molecule has 7 heteroatoms. The monoisotopic (exact) mass is 320 g/mol. The molecular formula is C16H14F2N2O3. The third kappa shape index (κ3) is 4.50. The molecule has 0 bridgehead atoms. The Morgan fingerprint density at radius 3 is 1.96 bits per heavy atom. The lowest BCUT2D eigenvalue weighted by molar-refractivity contribution is 0.0846. The largest absolute Gasteiger partial charge is 0.494 e. The summed E-state index contributed by atoms with van der Waals surface area (Å²) in [5.74, 6) is -2.55. The molecule has 0 radical (unpaired) electrons. The molecular weight excluding hydrogens is 306 g/mol. The van der Waals surface area contributed by atoms with E-state index in [9.17, 15) is 18.4 Å². The van der Waals surface area contributed by atoms with E-state index in [1.54, 1.807) is 12.1 Å². The first-order valence-corrected chi connectivity index (χ1v) is 6.79. The Bertz CT molecular complexity index is 698. The quantitative estimate of drug-likeness (QED) is 0.850. The van der Waals surface area contributed by atoms with Crippen molar-refractivity contribution in [1.29, 1.82) is 0 Å². The van der Waals surface area contributed by atoms with Gasteiger partial charge in [-0.3, -0.25) is 20.4 Å². The van der Waals surface area contributed by atoms with Crippen LogP contribution in [0, 0.1) is 11.6 Å². The van der Waals surface area contributed by atoms with Gasteiger partial charge >= 0.3 is 0 Å². The predicted molar refractivity (Wildman–Crippen MR) is 78.9 cm³/mol. The minimum absolute atomic E-state index is 0.241. The molecule has 0 aromatic heterocycles. The minimum Gasteiger partial charge on any atom is -0.494 e. The number of hydrazine groups is 1. The molecule has 0 aliphatic carbocycles. The molecule has 2 N–H and O–H groups in total. The molecule has 0 aliphatic heterocycles. The topological polar surface area (TPSA) is 67.4 Å². The molecule has 2 aromatic rings. The molecule has 0 saturated heterocycles. The first-order valence-electron chi connectivity index (χ1n) is 6.79. The van der Waals surface area contributed by atoms with E-state index < -0.39 is 23.4 Å². The van der Waals surface area contributed by atoms with Crippen LogP contribution in [-0.2, 0) is 0 Å². The fourth-order valence-electron chi connectivity index (χ4n) is 1.81. The lowest BCUT2D eigenvalue weighted by Gasteiger charge is -2.08. The number of hydrogen-bond acceptors (Lipinski definition) is 3. The zero-order valence-corrected chi connectivity index (χ0v) is 12.2. The van der Waals surface area contributed by atoms with Gasteiger partial charge in [-0.2, -0.15) is 0 Å². The van der Waals surface area contributed by atoms with Gasteiger partial charge in [0.1, 0.15) is 17.4 Å². The summed E-state index contributed by atoms with van der Waals surface area (Å²) in [6.07, 6.45) is 0. The van der Waals surface area contributed by atoms with Gasteiger partial charge in [0, 0.05) is 17.2 Å². The molecule has 2 rings (SSSR count). The number of carbonyl (C=O) groups is 2. The number of nitrogens with one attached hydrogen (secondary N) is 2. The van der Waals surface area contributed by atoms with Crippen LogP contribution < -0.4 is 15.6 Å². The first-order chi connectivity index (χ1) is 11.0. The maximum atomic E-state index is 13.0. The summed E-state index contributed by atoms with van der Waals surface area (Å²) in [4.78, 5) is 23.6. The third-order valence-electron chi connectivity index (χ3n) is 2.84. The van der Waals surface area contributed by atoms with Gasteiger partial charge in [0.15, 0.2) is 0 Å². The molecule has 5 nitrogen and oxygen atoms in total. The van der Waals surface area contributed by atoms with Crippen molar-refractivity contribution in [2.45, 2.75) is 6.92 Å². The molecule has 23 heavy (non-hydrogen) atoms. The Morgan fingerprint density at radius 2 is 1.43 bits per heavy atom. The molecule has 0 fully saturated rings. The highest BCUT2D eigenvalue weighted by atomic mass is 19.1. The summed E-state index contributed by atoms with van der Waals surface area (Å²) < 4.78 is 31.3. The van der Waals surface area contributed by atoms with Crippen molar-refractivity contribution in [3.05, 3.63) is 65.2 Å². The van der Waals surface area contributed by atoms with E-state index in [1.807, 2.05) is 6.92 Å². The van der Waals surface area contributed by atoms with Crippen LogP contribution in [0.15, 0.2) is 42.5 Å². The highest BCUT2D eigenvalue weighted by Gasteiger charge is 2.11. The molecule has 0 aliphatic rings.